The minimum Gasteiger partial charge on any atom is -0.497 e. The molecule has 0 aliphatic heterocycles. The molecule has 0 spiro atoms. The number of aryl methyl sites for hydroxylation is 1. The van der Waals surface area contributed by atoms with Crippen molar-refractivity contribution in [3.05, 3.63) is 46.2 Å². The average Bonchev–Trinajstić information content (AvgIpc) is 2.95. The number of hydrogen-bond donors (Lipinski definition) is 1. The number of amides is 1. The highest BCUT2D eigenvalue weighted by Gasteiger charge is 2.18. The van der Waals surface area contributed by atoms with E-state index in [1.807, 2.05) is 13.1 Å². The number of hydrogen-bond acceptors (Lipinski definition) is 4. The zero-order chi connectivity index (χ0) is 17.0. The van der Waals surface area contributed by atoms with Crippen LogP contribution >= 0.6 is 15.9 Å². The van der Waals surface area contributed by atoms with Crippen LogP contribution < -0.4 is 10.1 Å². The fraction of sp³-hybridized carbons (Fsp3) is 0.250. The SMILES string of the molecule is CCn1cc(Br)cc1C(=O)Nc1ccc(OC)cc1C(=O)OC. The molecule has 0 aliphatic rings. The zero-order valence-electron chi connectivity index (χ0n) is 13.1. The highest BCUT2D eigenvalue weighted by Crippen LogP contribution is 2.24. The minimum atomic E-state index is -0.550. The topological polar surface area (TPSA) is 69.6 Å². The first-order valence-electron chi connectivity index (χ1n) is 6.93. The summed E-state index contributed by atoms with van der Waals surface area (Å²) in [5.41, 5.74) is 1.09. The summed E-state index contributed by atoms with van der Waals surface area (Å²) in [5.74, 6) is -0.359. The third kappa shape index (κ3) is 3.73. The Kier molecular flexibility index (Phi) is 5.44. The van der Waals surface area contributed by atoms with Gasteiger partial charge < -0.3 is 19.4 Å². The van der Waals surface area contributed by atoms with Gasteiger partial charge in [-0.25, -0.2) is 4.79 Å². The Morgan fingerprint density at radius 1 is 1.26 bits per heavy atom. The van der Waals surface area contributed by atoms with Gasteiger partial charge in [-0.05, 0) is 47.1 Å². The van der Waals surface area contributed by atoms with E-state index in [2.05, 4.69) is 21.2 Å². The molecule has 0 unspecified atom stereocenters. The Labute approximate surface area is 142 Å². The summed E-state index contributed by atoms with van der Waals surface area (Å²) < 4.78 is 12.5. The van der Waals surface area contributed by atoms with E-state index in [1.54, 1.807) is 22.8 Å². The van der Waals surface area contributed by atoms with Crippen LogP contribution in [0.4, 0.5) is 5.69 Å². The van der Waals surface area contributed by atoms with Crippen LogP contribution in [-0.2, 0) is 11.3 Å². The summed E-state index contributed by atoms with van der Waals surface area (Å²) in [7, 11) is 2.78. The predicted molar refractivity (Wildman–Crippen MR) is 90.1 cm³/mol. The van der Waals surface area contributed by atoms with Crippen molar-refractivity contribution < 1.29 is 19.1 Å². The number of esters is 1. The molecule has 0 radical (unpaired) electrons. The summed E-state index contributed by atoms with van der Waals surface area (Å²) >= 11 is 3.35. The van der Waals surface area contributed by atoms with Gasteiger partial charge in [0.2, 0.25) is 0 Å². The van der Waals surface area contributed by atoms with Crippen LogP contribution in [0.15, 0.2) is 34.9 Å². The van der Waals surface area contributed by atoms with Gasteiger partial charge in [-0.3, -0.25) is 4.79 Å². The highest BCUT2D eigenvalue weighted by molar-refractivity contribution is 9.10. The lowest BCUT2D eigenvalue weighted by Crippen LogP contribution is -2.18. The van der Waals surface area contributed by atoms with E-state index >= 15 is 0 Å². The van der Waals surface area contributed by atoms with Gasteiger partial charge in [0.1, 0.15) is 11.4 Å². The number of rotatable bonds is 5. The van der Waals surface area contributed by atoms with Crippen molar-refractivity contribution in [1.29, 1.82) is 0 Å². The van der Waals surface area contributed by atoms with E-state index in [4.69, 9.17) is 9.47 Å². The Bertz CT molecular complexity index is 740. The van der Waals surface area contributed by atoms with Gasteiger partial charge in [-0.1, -0.05) is 0 Å². The van der Waals surface area contributed by atoms with Crippen LogP contribution in [0.5, 0.6) is 5.75 Å². The van der Waals surface area contributed by atoms with Gasteiger partial charge in [-0.15, -0.1) is 0 Å². The lowest BCUT2D eigenvalue weighted by molar-refractivity contribution is 0.0601. The van der Waals surface area contributed by atoms with Crippen molar-refractivity contribution >= 4 is 33.5 Å². The van der Waals surface area contributed by atoms with Crippen LogP contribution in [0.3, 0.4) is 0 Å². The predicted octanol–water partition coefficient (Wildman–Crippen LogP) is 3.32. The molecule has 122 valence electrons. The Morgan fingerprint density at radius 2 is 2.00 bits per heavy atom. The van der Waals surface area contributed by atoms with E-state index in [-0.39, 0.29) is 11.5 Å². The molecule has 23 heavy (non-hydrogen) atoms. The molecule has 6 nitrogen and oxygen atoms in total. The zero-order valence-corrected chi connectivity index (χ0v) is 14.6. The Morgan fingerprint density at radius 3 is 2.61 bits per heavy atom. The third-order valence-electron chi connectivity index (χ3n) is 3.32. The van der Waals surface area contributed by atoms with Crippen molar-refractivity contribution in [2.45, 2.75) is 13.5 Å². The van der Waals surface area contributed by atoms with Crippen LogP contribution in [0.25, 0.3) is 0 Å². The van der Waals surface area contributed by atoms with Crippen molar-refractivity contribution in [2.75, 3.05) is 19.5 Å². The summed E-state index contributed by atoms with van der Waals surface area (Å²) in [6, 6.07) is 6.52. The van der Waals surface area contributed by atoms with E-state index < -0.39 is 5.97 Å². The molecular formula is C16H17BrN2O4. The second-order valence-corrected chi connectivity index (χ2v) is 5.60. The molecule has 0 saturated carbocycles. The van der Waals surface area contributed by atoms with Gasteiger partial charge in [0.05, 0.1) is 25.5 Å². The van der Waals surface area contributed by atoms with Crippen molar-refractivity contribution in [3.63, 3.8) is 0 Å². The first-order chi connectivity index (χ1) is 11.0. The second kappa shape index (κ2) is 7.32. The largest absolute Gasteiger partial charge is 0.497 e. The van der Waals surface area contributed by atoms with Crippen molar-refractivity contribution in [2.24, 2.45) is 0 Å². The van der Waals surface area contributed by atoms with Crippen LogP contribution in [0.2, 0.25) is 0 Å². The molecule has 1 amide bonds. The summed E-state index contributed by atoms with van der Waals surface area (Å²) in [4.78, 5) is 24.4. The fourth-order valence-corrected chi connectivity index (χ4v) is 2.62. The molecule has 0 fully saturated rings. The number of benzene rings is 1. The lowest BCUT2D eigenvalue weighted by atomic mass is 10.1. The summed E-state index contributed by atoms with van der Waals surface area (Å²) in [6.45, 7) is 2.59. The average molecular weight is 381 g/mol. The van der Waals surface area contributed by atoms with E-state index in [0.29, 0.717) is 23.7 Å². The summed E-state index contributed by atoms with van der Waals surface area (Å²) in [6.07, 6.45) is 1.82. The monoisotopic (exact) mass is 380 g/mol. The van der Waals surface area contributed by atoms with Gasteiger partial charge in [0.15, 0.2) is 0 Å². The third-order valence-corrected chi connectivity index (χ3v) is 3.75. The number of nitrogens with zero attached hydrogens (tertiary/aromatic N) is 1. The molecule has 1 heterocycles. The number of methoxy groups -OCH3 is 2. The number of nitrogens with one attached hydrogen (secondary N) is 1. The first-order valence-corrected chi connectivity index (χ1v) is 7.72. The number of carbonyl (C=O) groups is 2. The molecular weight excluding hydrogens is 364 g/mol. The number of ether oxygens (including phenoxy) is 2. The van der Waals surface area contributed by atoms with E-state index in [9.17, 15) is 9.59 Å². The maximum Gasteiger partial charge on any atom is 0.340 e. The van der Waals surface area contributed by atoms with Crippen molar-refractivity contribution in [1.82, 2.24) is 4.57 Å². The maximum atomic E-state index is 12.5. The molecule has 0 atom stereocenters. The lowest BCUT2D eigenvalue weighted by Gasteiger charge is -2.12. The molecule has 1 N–H and O–H groups in total. The number of halogens is 1. The normalized spacial score (nSPS) is 10.3. The van der Waals surface area contributed by atoms with Crippen LogP contribution in [-0.4, -0.2) is 30.7 Å². The van der Waals surface area contributed by atoms with Crippen LogP contribution in [0, 0.1) is 0 Å². The van der Waals surface area contributed by atoms with Gasteiger partial charge in [0, 0.05) is 17.2 Å². The maximum absolute atomic E-state index is 12.5. The fourth-order valence-electron chi connectivity index (χ4n) is 2.15. The Balaban J connectivity index is 2.35. The van der Waals surface area contributed by atoms with E-state index in [0.717, 1.165) is 4.47 Å². The smallest absolute Gasteiger partial charge is 0.340 e. The van der Waals surface area contributed by atoms with Gasteiger partial charge in [-0.2, -0.15) is 0 Å². The second-order valence-electron chi connectivity index (χ2n) is 4.69. The molecule has 2 rings (SSSR count). The van der Waals surface area contributed by atoms with E-state index in [1.165, 1.54) is 20.3 Å². The number of aromatic nitrogens is 1. The molecule has 0 saturated heterocycles. The van der Waals surface area contributed by atoms with Gasteiger partial charge in [0.25, 0.3) is 5.91 Å². The molecule has 0 bridgehead atoms. The Hall–Kier alpha value is -2.28. The number of carbonyl (C=O) groups excluding carboxylic acids is 2. The first kappa shape index (κ1) is 17.1. The minimum absolute atomic E-state index is 0.230. The summed E-state index contributed by atoms with van der Waals surface area (Å²) in [5, 5.41) is 2.74. The molecule has 0 aliphatic carbocycles. The van der Waals surface area contributed by atoms with Crippen molar-refractivity contribution in [3.8, 4) is 5.75 Å². The quantitative estimate of drug-likeness (QED) is 0.807. The molecule has 7 heteroatoms. The standard InChI is InChI=1S/C16H17BrN2O4/c1-4-19-9-10(17)7-14(19)15(20)18-13-6-5-11(22-2)8-12(13)16(21)23-3/h5-9H,4H2,1-3H3,(H,18,20). The molecule has 1 aromatic carbocycles. The van der Waals surface area contributed by atoms with Gasteiger partial charge >= 0.3 is 5.97 Å². The molecule has 2 aromatic rings. The molecule has 1 aromatic heterocycles. The van der Waals surface area contributed by atoms with Crippen LogP contribution in [0.1, 0.15) is 27.8 Å². The highest BCUT2D eigenvalue weighted by atomic mass is 79.9. The number of anilines is 1.